The van der Waals surface area contributed by atoms with Gasteiger partial charge in [0.25, 0.3) is 0 Å². The van der Waals surface area contributed by atoms with E-state index in [1.165, 1.54) is 28.8 Å². The average molecular weight is 398 g/mol. The van der Waals surface area contributed by atoms with E-state index >= 15 is 0 Å². The molecule has 0 saturated carbocycles. The van der Waals surface area contributed by atoms with Gasteiger partial charge in [-0.25, -0.2) is 0 Å². The third kappa shape index (κ3) is 6.54. The van der Waals surface area contributed by atoms with Crippen LogP contribution in [-0.4, -0.2) is 41.7 Å². The molecule has 6 nitrogen and oxygen atoms in total. The second-order valence-electron chi connectivity index (χ2n) is 7.63. The van der Waals surface area contributed by atoms with Gasteiger partial charge in [0.1, 0.15) is 5.69 Å². The average Bonchev–Trinajstić information content (AvgIpc) is 3.11. The number of nitrogens with zero attached hydrogens (tertiary/aromatic N) is 2. The first-order chi connectivity index (χ1) is 14.0. The molecular formula is C23H35N5O. The summed E-state index contributed by atoms with van der Waals surface area (Å²) in [5.74, 6) is 0.711. The summed E-state index contributed by atoms with van der Waals surface area (Å²) in [6.07, 6.45) is 6.92. The number of nitrogens with one attached hydrogen (secondary N) is 3. The van der Waals surface area contributed by atoms with Gasteiger partial charge in [-0.1, -0.05) is 19.6 Å². The fourth-order valence-electron chi connectivity index (χ4n) is 3.45. The zero-order valence-corrected chi connectivity index (χ0v) is 18.2. The van der Waals surface area contributed by atoms with Crippen molar-refractivity contribution in [1.29, 1.82) is 0 Å². The van der Waals surface area contributed by atoms with Crippen LogP contribution in [0.3, 0.4) is 0 Å². The Labute approximate surface area is 174 Å². The fourth-order valence-corrected chi connectivity index (χ4v) is 3.45. The van der Waals surface area contributed by atoms with Crippen molar-refractivity contribution in [1.82, 2.24) is 20.8 Å². The third-order valence-corrected chi connectivity index (χ3v) is 5.21. The molecule has 0 spiro atoms. The summed E-state index contributed by atoms with van der Waals surface area (Å²) in [5.41, 5.74) is 8.17. The largest absolute Gasteiger partial charge is 0.395 e. The van der Waals surface area contributed by atoms with Crippen LogP contribution >= 0.6 is 0 Å². The van der Waals surface area contributed by atoms with Crippen molar-refractivity contribution < 1.29 is 5.11 Å². The van der Waals surface area contributed by atoms with Gasteiger partial charge in [-0.15, -0.1) is 0 Å². The first-order valence-electron chi connectivity index (χ1n) is 10.3. The molecule has 2 aromatic rings. The van der Waals surface area contributed by atoms with Gasteiger partial charge in [0.05, 0.1) is 18.5 Å². The lowest BCUT2D eigenvalue weighted by atomic mass is 9.88. The van der Waals surface area contributed by atoms with Crippen molar-refractivity contribution in [2.75, 3.05) is 20.2 Å². The molecule has 1 aliphatic carbocycles. The summed E-state index contributed by atoms with van der Waals surface area (Å²) in [4.78, 5) is 4.73. The third-order valence-electron chi connectivity index (χ3n) is 5.21. The van der Waals surface area contributed by atoms with Crippen molar-refractivity contribution in [3.63, 3.8) is 0 Å². The number of aliphatic imine (C=N–C) groups is 1. The molecule has 1 aromatic carbocycles. The highest BCUT2D eigenvalue weighted by Crippen LogP contribution is 2.27. The van der Waals surface area contributed by atoms with E-state index < -0.39 is 0 Å². The lowest BCUT2D eigenvalue weighted by Gasteiger charge is -2.17. The zero-order valence-electron chi connectivity index (χ0n) is 18.2. The number of aliphatic hydroxyl groups is 1. The van der Waals surface area contributed by atoms with Gasteiger partial charge < -0.3 is 15.7 Å². The Balaban J connectivity index is 0.000000687. The number of aliphatic hydroxyl groups excluding tert-OH is 1. The van der Waals surface area contributed by atoms with E-state index in [2.05, 4.69) is 60.3 Å². The molecule has 6 heteroatoms. The monoisotopic (exact) mass is 397 g/mol. The highest BCUT2D eigenvalue weighted by Gasteiger charge is 2.20. The number of H-pyrrole nitrogens is 1. The molecule has 4 N–H and O–H groups in total. The van der Waals surface area contributed by atoms with E-state index in [1.807, 2.05) is 13.3 Å². The molecule has 0 radical (unpaired) electrons. The molecule has 158 valence electrons. The molecule has 1 aromatic heterocycles. The predicted octanol–water partition coefficient (Wildman–Crippen LogP) is 3.33. The second-order valence-corrected chi connectivity index (χ2v) is 7.63. The molecule has 1 atom stereocenters. The molecule has 29 heavy (non-hydrogen) atoms. The summed E-state index contributed by atoms with van der Waals surface area (Å²) in [7, 11) is 1.81. The topological polar surface area (TPSA) is 85.3 Å². The maximum Gasteiger partial charge on any atom is 0.107 e. The van der Waals surface area contributed by atoms with Gasteiger partial charge in [0, 0.05) is 31.4 Å². The minimum Gasteiger partial charge on any atom is -0.395 e. The summed E-state index contributed by atoms with van der Waals surface area (Å²) in [6, 6.07) is 4.30. The Kier molecular flexibility index (Phi) is 9.09. The molecule has 1 aliphatic rings. The molecule has 1 unspecified atom stereocenters. The Morgan fingerprint density at radius 3 is 2.79 bits per heavy atom. The molecule has 0 bridgehead atoms. The Bertz CT molecular complexity index is 825. The number of aromatic amines is 1. The maximum atomic E-state index is 8.92. The van der Waals surface area contributed by atoms with E-state index in [4.69, 9.17) is 10.1 Å². The zero-order chi connectivity index (χ0) is 21.2. The molecule has 0 aliphatic heterocycles. The van der Waals surface area contributed by atoms with Crippen LogP contribution in [0.25, 0.3) is 0 Å². The van der Waals surface area contributed by atoms with Crippen LogP contribution in [0.15, 0.2) is 29.9 Å². The summed E-state index contributed by atoms with van der Waals surface area (Å²) in [5, 5.41) is 22.5. The number of rotatable bonds is 7. The van der Waals surface area contributed by atoms with Gasteiger partial charge >= 0.3 is 0 Å². The van der Waals surface area contributed by atoms with Crippen molar-refractivity contribution in [2.24, 2.45) is 10.9 Å². The first kappa shape index (κ1) is 22.8. The van der Waals surface area contributed by atoms with Gasteiger partial charge in [0.2, 0.25) is 0 Å². The predicted molar refractivity (Wildman–Crippen MR) is 121 cm³/mol. The van der Waals surface area contributed by atoms with Gasteiger partial charge in [0.15, 0.2) is 0 Å². The SMILES string of the molecule is C=CNC.Cc1cc(C)c(N=Cc2n[nH]c3c2CC(C)CC3)cc1CNCCO. The van der Waals surface area contributed by atoms with Crippen LogP contribution in [0.5, 0.6) is 0 Å². The number of hydrogen-bond acceptors (Lipinski definition) is 5. The Hall–Kier alpha value is -2.44. The molecule has 0 saturated heterocycles. The molecular weight excluding hydrogens is 362 g/mol. The van der Waals surface area contributed by atoms with Crippen LogP contribution in [0, 0.1) is 19.8 Å². The number of aromatic nitrogens is 2. The number of fused-ring (bicyclic) bond motifs is 1. The van der Waals surface area contributed by atoms with Crippen LogP contribution in [-0.2, 0) is 19.4 Å². The van der Waals surface area contributed by atoms with E-state index in [0.29, 0.717) is 12.5 Å². The van der Waals surface area contributed by atoms with Crippen LogP contribution < -0.4 is 10.6 Å². The Morgan fingerprint density at radius 1 is 1.34 bits per heavy atom. The van der Waals surface area contributed by atoms with Crippen LogP contribution in [0.4, 0.5) is 5.69 Å². The highest BCUT2D eigenvalue weighted by atomic mass is 16.3. The lowest BCUT2D eigenvalue weighted by molar-refractivity contribution is 0.292. The van der Waals surface area contributed by atoms with Gasteiger partial charge in [-0.05, 0) is 68.0 Å². The minimum absolute atomic E-state index is 0.151. The van der Waals surface area contributed by atoms with E-state index in [9.17, 15) is 0 Å². The van der Waals surface area contributed by atoms with Gasteiger partial charge in [-0.3, -0.25) is 10.1 Å². The standard InChI is InChI=1S/C20H28N4O.C3H7N/c1-13-4-5-18-17(8-13)20(24-23-18)12-22-19-10-16(11-21-6-7-25)14(2)9-15(19)3;1-3-4-2/h9-10,12-13,21,25H,4-8,11H2,1-3H3,(H,23,24);3-4H,1H2,2H3. The highest BCUT2D eigenvalue weighted by molar-refractivity contribution is 5.82. The van der Waals surface area contributed by atoms with Crippen LogP contribution in [0.1, 0.15) is 47.0 Å². The van der Waals surface area contributed by atoms with Crippen molar-refractivity contribution in [2.45, 2.75) is 46.6 Å². The summed E-state index contributed by atoms with van der Waals surface area (Å²) < 4.78 is 0. The van der Waals surface area contributed by atoms with Gasteiger partial charge in [-0.2, -0.15) is 5.10 Å². The summed E-state index contributed by atoms with van der Waals surface area (Å²) >= 11 is 0. The van der Waals surface area contributed by atoms with Crippen molar-refractivity contribution >= 4 is 11.9 Å². The number of benzene rings is 1. The lowest BCUT2D eigenvalue weighted by Crippen LogP contribution is -2.18. The summed E-state index contributed by atoms with van der Waals surface area (Å²) in [6.45, 7) is 11.4. The van der Waals surface area contributed by atoms with Crippen molar-refractivity contribution in [3.05, 3.63) is 58.6 Å². The smallest absolute Gasteiger partial charge is 0.107 e. The number of aryl methyl sites for hydroxylation is 3. The number of hydrogen-bond donors (Lipinski definition) is 4. The maximum absolute atomic E-state index is 8.92. The first-order valence-corrected chi connectivity index (χ1v) is 10.3. The Morgan fingerprint density at radius 2 is 2.10 bits per heavy atom. The second kappa shape index (κ2) is 11.5. The molecule has 0 fully saturated rings. The van der Waals surface area contributed by atoms with E-state index in [1.54, 1.807) is 6.20 Å². The van der Waals surface area contributed by atoms with Crippen molar-refractivity contribution in [3.8, 4) is 0 Å². The van der Waals surface area contributed by atoms with E-state index in [0.717, 1.165) is 36.3 Å². The van der Waals surface area contributed by atoms with Crippen LogP contribution in [0.2, 0.25) is 0 Å². The quantitative estimate of drug-likeness (QED) is 0.426. The fraction of sp³-hybridized carbons (Fsp3) is 0.478. The minimum atomic E-state index is 0.151. The molecule has 0 amide bonds. The normalized spacial score (nSPS) is 15.6. The molecule has 1 heterocycles. The molecule has 3 rings (SSSR count). The van der Waals surface area contributed by atoms with E-state index in [-0.39, 0.29) is 6.61 Å².